The molecule has 0 atom stereocenters. The largest absolute Gasteiger partial charge is 0.497 e. The lowest BCUT2D eigenvalue weighted by atomic mass is 10.2. The number of carbonyl (C=O) groups is 2. The maximum absolute atomic E-state index is 12.3. The summed E-state index contributed by atoms with van der Waals surface area (Å²) in [5.74, 6) is 0.606. The van der Waals surface area contributed by atoms with Crippen LogP contribution in [-0.2, 0) is 4.79 Å². The fourth-order valence-corrected chi connectivity index (χ4v) is 2.92. The summed E-state index contributed by atoms with van der Waals surface area (Å²) in [4.78, 5) is 26.2. The second kappa shape index (κ2) is 8.38. The summed E-state index contributed by atoms with van der Waals surface area (Å²) in [5, 5.41) is 5.87. The average Bonchev–Trinajstić information content (AvgIpc) is 3.21. The highest BCUT2D eigenvalue weighted by molar-refractivity contribution is 5.95. The van der Waals surface area contributed by atoms with Crippen molar-refractivity contribution in [3.8, 4) is 5.75 Å². The van der Waals surface area contributed by atoms with Crippen LogP contribution in [0.4, 0.5) is 11.4 Å². The van der Waals surface area contributed by atoms with Crippen molar-refractivity contribution in [2.45, 2.75) is 12.8 Å². The Labute approximate surface area is 153 Å². The van der Waals surface area contributed by atoms with Gasteiger partial charge in [-0.1, -0.05) is 6.07 Å². The first-order chi connectivity index (χ1) is 12.7. The topological polar surface area (TPSA) is 70.7 Å². The highest BCUT2D eigenvalue weighted by Gasteiger charge is 2.19. The molecule has 2 aromatic rings. The van der Waals surface area contributed by atoms with Gasteiger partial charge in [0.25, 0.3) is 5.91 Å². The molecule has 6 heteroatoms. The van der Waals surface area contributed by atoms with Crippen molar-refractivity contribution in [2.24, 2.45) is 0 Å². The van der Waals surface area contributed by atoms with E-state index in [9.17, 15) is 9.59 Å². The van der Waals surface area contributed by atoms with E-state index in [0.29, 0.717) is 17.0 Å². The molecule has 0 bridgehead atoms. The molecule has 2 N–H and O–H groups in total. The minimum Gasteiger partial charge on any atom is -0.497 e. The van der Waals surface area contributed by atoms with Crippen molar-refractivity contribution >= 4 is 23.2 Å². The number of amides is 2. The van der Waals surface area contributed by atoms with E-state index < -0.39 is 0 Å². The maximum atomic E-state index is 12.3. The monoisotopic (exact) mass is 353 g/mol. The molecule has 1 saturated heterocycles. The van der Waals surface area contributed by atoms with Crippen LogP contribution in [-0.4, -0.2) is 43.5 Å². The molecular formula is C20H23N3O3. The van der Waals surface area contributed by atoms with Crippen LogP contribution in [0.15, 0.2) is 48.5 Å². The van der Waals surface area contributed by atoms with Crippen molar-refractivity contribution in [2.75, 3.05) is 37.4 Å². The smallest absolute Gasteiger partial charge is 0.253 e. The fraction of sp³-hybridized carbons (Fsp3) is 0.300. The molecule has 1 aliphatic heterocycles. The number of benzene rings is 2. The molecule has 0 radical (unpaired) electrons. The van der Waals surface area contributed by atoms with Gasteiger partial charge in [0.1, 0.15) is 5.75 Å². The van der Waals surface area contributed by atoms with Crippen molar-refractivity contribution < 1.29 is 14.3 Å². The van der Waals surface area contributed by atoms with Gasteiger partial charge in [-0.2, -0.15) is 0 Å². The lowest BCUT2D eigenvalue weighted by Crippen LogP contribution is -2.27. The van der Waals surface area contributed by atoms with Crippen LogP contribution in [0.1, 0.15) is 23.2 Å². The molecule has 26 heavy (non-hydrogen) atoms. The number of rotatable bonds is 6. The van der Waals surface area contributed by atoms with Crippen LogP contribution < -0.4 is 15.4 Å². The Hall–Kier alpha value is -3.02. The minimum atomic E-state index is -0.157. The Morgan fingerprint density at radius 2 is 1.77 bits per heavy atom. The standard InChI is InChI=1S/C20H23N3O3/c1-26-18-6-4-5-17(13-18)22-19(24)14-21-16-9-7-15(8-10-16)20(25)23-11-2-3-12-23/h4-10,13,21H,2-3,11-12,14H2,1H3,(H,22,24). The van der Waals surface area contributed by atoms with E-state index in [1.54, 1.807) is 31.4 Å². The van der Waals surface area contributed by atoms with E-state index in [0.717, 1.165) is 31.6 Å². The quantitative estimate of drug-likeness (QED) is 0.838. The number of likely N-dealkylation sites (tertiary alicyclic amines) is 1. The first-order valence-electron chi connectivity index (χ1n) is 8.73. The van der Waals surface area contributed by atoms with Crippen molar-refractivity contribution in [3.05, 3.63) is 54.1 Å². The summed E-state index contributed by atoms with van der Waals surface area (Å²) < 4.78 is 5.14. The molecule has 2 amide bonds. The zero-order valence-electron chi connectivity index (χ0n) is 14.8. The molecule has 1 fully saturated rings. The predicted molar refractivity (Wildman–Crippen MR) is 102 cm³/mol. The van der Waals surface area contributed by atoms with E-state index in [1.165, 1.54) is 0 Å². The normalized spacial score (nSPS) is 13.3. The molecule has 6 nitrogen and oxygen atoms in total. The average molecular weight is 353 g/mol. The van der Waals surface area contributed by atoms with Crippen LogP contribution in [0.2, 0.25) is 0 Å². The zero-order valence-corrected chi connectivity index (χ0v) is 14.8. The molecule has 0 spiro atoms. The van der Waals surface area contributed by atoms with Crippen LogP contribution in [0.5, 0.6) is 5.75 Å². The maximum Gasteiger partial charge on any atom is 0.253 e. The van der Waals surface area contributed by atoms with Gasteiger partial charge >= 0.3 is 0 Å². The Bertz CT molecular complexity index is 768. The number of nitrogens with zero attached hydrogens (tertiary/aromatic N) is 1. The van der Waals surface area contributed by atoms with Gasteiger partial charge in [0.15, 0.2) is 0 Å². The first-order valence-corrected chi connectivity index (χ1v) is 8.73. The van der Waals surface area contributed by atoms with Crippen LogP contribution in [0.3, 0.4) is 0 Å². The molecule has 1 heterocycles. The summed E-state index contributed by atoms with van der Waals surface area (Å²) in [6.45, 7) is 1.81. The van der Waals surface area contributed by atoms with E-state index in [4.69, 9.17) is 4.74 Å². The number of anilines is 2. The molecule has 3 rings (SSSR count). The third-order valence-electron chi connectivity index (χ3n) is 4.33. The van der Waals surface area contributed by atoms with Gasteiger partial charge in [0, 0.05) is 36.1 Å². The summed E-state index contributed by atoms with van der Waals surface area (Å²) in [7, 11) is 1.58. The molecule has 0 aromatic heterocycles. The zero-order chi connectivity index (χ0) is 18.4. The molecule has 0 unspecified atom stereocenters. The van der Waals surface area contributed by atoms with Crippen LogP contribution in [0.25, 0.3) is 0 Å². The third kappa shape index (κ3) is 4.53. The van der Waals surface area contributed by atoms with Crippen LogP contribution >= 0.6 is 0 Å². The molecular weight excluding hydrogens is 330 g/mol. The molecule has 136 valence electrons. The predicted octanol–water partition coefficient (Wildman–Crippen LogP) is 2.98. The van der Waals surface area contributed by atoms with E-state index in [2.05, 4.69) is 10.6 Å². The molecule has 1 aliphatic rings. The van der Waals surface area contributed by atoms with Crippen molar-refractivity contribution in [1.82, 2.24) is 4.90 Å². The summed E-state index contributed by atoms with van der Waals surface area (Å²) >= 11 is 0. The van der Waals surface area contributed by atoms with E-state index in [-0.39, 0.29) is 18.4 Å². The number of carbonyl (C=O) groups excluding carboxylic acids is 2. The summed E-state index contributed by atoms with van der Waals surface area (Å²) in [6.07, 6.45) is 2.15. The first kappa shape index (κ1) is 17.8. The van der Waals surface area contributed by atoms with Gasteiger partial charge in [0.05, 0.1) is 13.7 Å². The van der Waals surface area contributed by atoms with Gasteiger partial charge in [-0.25, -0.2) is 0 Å². The Morgan fingerprint density at radius 3 is 2.46 bits per heavy atom. The fourth-order valence-electron chi connectivity index (χ4n) is 2.92. The van der Waals surface area contributed by atoms with E-state index in [1.807, 2.05) is 29.2 Å². The Morgan fingerprint density at radius 1 is 1.04 bits per heavy atom. The van der Waals surface area contributed by atoms with Gasteiger partial charge in [-0.05, 0) is 49.2 Å². The lowest BCUT2D eigenvalue weighted by molar-refractivity contribution is -0.114. The summed E-state index contributed by atoms with van der Waals surface area (Å²) in [6, 6.07) is 14.4. The SMILES string of the molecule is COc1cccc(NC(=O)CNc2ccc(C(=O)N3CCCC3)cc2)c1. The number of methoxy groups -OCH3 is 1. The number of nitrogens with one attached hydrogen (secondary N) is 2. The second-order valence-electron chi connectivity index (χ2n) is 6.21. The number of hydrogen-bond donors (Lipinski definition) is 2. The van der Waals surface area contributed by atoms with Gasteiger partial charge in [-0.15, -0.1) is 0 Å². The van der Waals surface area contributed by atoms with Crippen LogP contribution in [0, 0.1) is 0 Å². The number of ether oxygens (including phenoxy) is 1. The minimum absolute atomic E-state index is 0.0739. The van der Waals surface area contributed by atoms with Gasteiger partial charge in [-0.3, -0.25) is 9.59 Å². The van der Waals surface area contributed by atoms with Gasteiger partial charge < -0.3 is 20.3 Å². The second-order valence-corrected chi connectivity index (χ2v) is 6.21. The lowest BCUT2D eigenvalue weighted by Gasteiger charge is -2.15. The Kier molecular flexibility index (Phi) is 5.73. The number of hydrogen-bond acceptors (Lipinski definition) is 4. The highest BCUT2D eigenvalue weighted by Crippen LogP contribution is 2.17. The molecule has 0 aliphatic carbocycles. The molecule has 0 saturated carbocycles. The van der Waals surface area contributed by atoms with Crippen molar-refractivity contribution in [3.63, 3.8) is 0 Å². The highest BCUT2D eigenvalue weighted by atomic mass is 16.5. The molecule has 2 aromatic carbocycles. The van der Waals surface area contributed by atoms with Crippen molar-refractivity contribution in [1.29, 1.82) is 0 Å². The third-order valence-corrected chi connectivity index (χ3v) is 4.33. The van der Waals surface area contributed by atoms with Gasteiger partial charge in [0.2, 0.25) is 5.91 Å². The van der Waals surface area contributed by atoms with E-state index >= 15 is 0 Å². The summed E-state index contributed by atoms with van der Waals surface area (Å²) in [5.41, 5.74) is 2.16. The Balaban J connectivity index is 1.51.